The van der Waals surface area contributed by atoms with Crippen LogP contribution in [0.15, 0.2) is 78.0 Å². The lowest BCUT2D eigenvalue weighted by molar-refractivity contribution is 0.102. The summed E-state index contributed by atoms with van der Waals surface area (Å²) in [7, 11) is 1.57. The standard InChI is InChI=1S/C22H17N3O3/c1-28-17-8-6-16(7-9-17)25-22(27)19-10-15(12-24-21(19)26)20-13-23-11-14-4-2-3-5-18(14)20/h2-13H,1H3,(H,24,26)(H,25,27). The summed E-state index contributed by atoms with van der Waals surface area (Å²) in [5.74, 6) is 0.197. The van der Waals surface area contributed by atoms with Gasteiger partial charge in [0, 0.05) is 40.8 Å². The number of hydrogen-bond donors (Lipinski definition) is 2. The number of carbonyl (C=O) groups excluding carboxylic acids is 1. The van der Waals surface area contributed by atoms with Crippen LogP contribution < -0.4 is 15.6 Å². The Hall–Kier alpha value is -3.93. The van der Waals surface area contributed by atoms with Crippen LogP contribution in [0.5, 0.6) is 5.75 Å². The Bertz CT molecular complexity index is 1210. The molecule has 1 amide bonds. The molecule has 2 N–H and O–H groups in total. The minimum absolute atomic E-state index is 0.0289. The number of amides is 1. The van der Waals surface area contributed by atoms with E-state index in [1.54, 1.807) is 56.0 Å². The van der Waals surface area contributed by atoms with Crippen LogP contribution in [0.4, 0.5) is 5.69 Å². The number of nitrogens with one attached hydrogen (secondary N) is 2. The lowest BCUT2D eigenvalue weighted by Crippen LogP contribution is -2.23. The molecule has 0 aliphatic rings. The van der Waals surface area contributed by atoms with Gasteiger partial charge < -0.3 is 15.0 Å². The Labute approximate surface area is 160 Å². The number of rotatable bonds is 4. The molecule has 2 aromatic carbocycles. The summed E-state index contributed by atoms with van der Waals surface area (Å²) in [4.78, 5) is 31.8. The molecule has 0 spiro atoms. The zero-order valence-corrected chi connectivity index (χ0v) is 15.1. The molecule has 2 aromatic heterocycles. The van der Waals surface area contributed by atoms with E-state index in [1.165, 1.54) is 0 Å². The fraction of sp³-hybridized carbons (Fsp3) is 0.0455. The predicted molar refractivity (Wildman–Crippen MR) is 109 cm³/mol. The molecule has 138 valence electrons. The predicted octanol–water partition coefficient (Wildman–Crippen LogP) is 3.85. The van der Waals surface area contributed by atoms with Crippen LogP contribution in [0.3, 0.4) is 0 Å². The van der Waals surface area contributed by atoms with Crippen LogP contribution >= 0.6 is 0 Å². The monoisotopic (exact) mass is 371 g/mol. The number of ether oxygens (including phenoxy) is 1. The zero-order valence-electron chi connectivity index (χ0n) is 15.1. The number of nitrogens with zero attached hydrogens (tertiary/aromatic N) is 1. The highest BCUT2D eigenvalue weighted by molar-refractivity contribution is 6.05. The van der Waals surface area contributed by atoms with E-state index in [4.69, 9.17) is 4.74 Å². The van der Waals surface area contributed by atoms with Crippen LogP contribution in [0.1, 0.15) is 10.4 Å². The van der Waals surface area contributed by atoms with Crippen molar-refractivity contribution in [3.05, 3.63) is 89.1 Å². The second kappa shape index (κ2) is 7.36. The summed E-state index contributed by atoms with van der Waals surface area (Å²) in [5.41, 5.74) is 1.70. The van der Waals surface area contributed by atoms with Crippen LogP contribution in [0, 0.1) is 0 Å². The van der Waals surface area contributed by atoms with E-state index in [9.17, 15) is 9.59 Å². The maximum absolute atomic E-state index is 12.7. The SMILES string of the molecule is COc1ccc(NC(=O)c2cc(-c3cncc4ccccc34)c[nH]c2=O)cc1. The van der Waals surface area contributed by atoms with Gasteiger partial charge in [0.25, 0.3) is 11.5 Å². The number of H-pyrrole nitrogens is 1. The molecule has 0 bridgehead atoms. The molecule has 6 nitrogen and oxygen atoms in total. The minimum Gasteiger partial charge on any atom is -0.497 e. The van der Waals surface area contributed by atoms with Crippen molar-refractivity contribution in [1.82, 2.24) is 9.97 Å². The maximum Gasteiger partial charge on any atom is 0.261 e. The van der Waals surface area contributed by atoms with Gasteiger partial charge in [-0.15, -0.1) is 0 Å². The Morgan fingerprint density at radius 1 is 1.07 bits per heavy atom. The summed E-state index contributed by atoms with van der Waals surface area (Å²) in [5, 5.41) is 4.71. The second-order valence-electron chi connectivity index (χ2n) is 6.22. The number of carbonyl (C=O) groups is 1. The Balaban J connectivity index is 1.70. The molecular weight excluding hydrogens is 354 g/mol. The third-order valence-corrected chi connectivity index (χ3v) is 4.47. The number of fused-ring (bicyclic) bond motifs is 1. The first-order valence-corrected chi connectivity index (χ1v) is 8.67. The van der Waals surface area contributed by atoms with E-state index in [1.807, 2.05) is 24.3 Å². The van der Waals surface area contributed by atoms with Crippen molar-refractivity contribution in [1.29, 1.82) is 0 Å². The fourth-order valence-electron chi connectivity index (χ4n) is 3.03. The van der Waals surface area contributed by atoms with Crippen molar-refractivity contribution >= 4 is 22.4 Å². The van der Waals surface area contributed by atoms with Gasteiger partial charge in [0.15, 0.2) is 0 Å². The largest absolute Gasteiger partial charge is 0.497 e. The van der Waals surface area contributed by atoms with Gasteiger partial charge in [-0.05, 0) is 35.7 Å². The number of anilines is 1. The van der Waals surface area contributed by atoms with Crippen LogP contribution in [0.25, 0.3) is 21.9 Å². The molecule has 0 saturated carbocycles. The quantitative estimate of drug-likeness (QED) is 0.571. The van der Waals surface area contributed by atoms with Crippen LogP contribution in [-0.2, 0) is 0 Å². The van der Waals surface area contributed by atoms with E-state index in [0.29, 0.717) is 17.0 Å². The van der Waals surface area contributed by atoms with E-state index >= 15 is 0 Å². The van der Waals surface area contributed by atoms with Crippen molar-refractivity contribution in [2.75, 3.05) is 12.4 Å². The van der Waals surface area contributed by atoms with Gasteiger partial charge >= 0.3 is 0 Å². The molecular formula is C22H17N3O3. The summed E-state index contributed by atoms with van der Waals surface area (Å²) >= 11 is 0. The number of pyridine rings is 2. The highest BCUT2D eigenvalue weighted by Crippen LogP contribution is 2.27. The molecule has 0 unspecified atom stereocenters. The van der Waals surface area contributed by atoms with Gasteiger partial charge in [-0.1, -0.05) is 24.3 Å². The normalized spacial score (nSPS) is 10.6. The third kappa shape index (κ3) is 3.35. The number of aromatic nitrogens is 2. The average Bonchev–Trinajstić information content (AvgIpc) is 2.74. The highest BCUT2D eigenvalue weighted by atomic mass is 16.5. The molecule has 6 heteroatoms. The van der Waals surface area contributed by atoms with Gasteiger partial charge in [0.2, 0.25) is 0 Å². The average molecular weight is 371 g/mol. The molecule has 28 heavy (non-hydrogen) atoms. The summed E-state index contributed by atoms with van der Waals surface area (Å²) in [6.07, 6.45) is 5.10. The summed E-state index contributed by atoms with van der Waals surface area (Å²) in [6.45, 7) is 0. The third-order valence-electron chi connectivity index (χ3n) is 4.47. The molecule has 0 aliphatic carbocycles. The van der Waals surface area contributed by atoms with Crippen molar-refractivity contribution < 1.29 is 9.53 Å². The van der Waals surface area contributed by atoms with Crippen molar-refractivity contribution in [3.8, 4) is 16.9 Å². The molecule has 0 fully saturated rings. The van der Waals surface area contributed by atoms with E-state index in [0.717, 1.165) is 16.3 Å². The van der Waals surface area contributed by atoms with Crippen LogP contribution in [0.2, 0.25) is 0 Å². The number of methoxy groups -OCH3 is 1. The van der Waals surface area contributed by atoms with E-state index in [-0.39, 0.29) is 5.56 Å². The Morgan fingerprint density at radius 2 is 1.86 bits per heavy atom. The molecule has 4 rings (SSSR count). The summed E-state index contributed by atoms with van der Waals surface area (Å²) in [6, 6.07) is 16.3. The Morgan fingerprint density at radius 3 is 2.64 bits per heavy atom. The molecule has 0 aliphatic heterocycles. The van der Waals surface area contributed by atoms with Gasteiger partial charge in [-0.2, -0.15) is 0 Å². The van der Waals surface area contributed by atoms with E-state index in [2.05, 4.69) is 15.3 Å². The van der Waals surface area contributed by atoms with Crippen molar-refractivity contribution in [2.45, 2.75) is 0 Å². The summed E-state index contributed by atoms with van der Waals surface area (Å²) < 4.78 is 5.10. The number of benzene rings is 2. The Kier molecular flexibility index (Phi) is 4.60. The first kappa shape index (κ1) is 17.5. The minimum atomic E-state index is -0.485. The molecule has 2 heterocycles. The zero-order chi connectivity index (χ0) is 19.5. The van der Waals surface area contributed by atoms with Gasteiger partial charge in [-0.25, -0.2) is 0 Å². The lowest BCUT2D eigenvalue weighted by Gasteiger charge is -2.09. The topological polar surface area (TPSA) is 84.1 Å². The molecule has 4 aromatic rings. The number of hydrogen-bond acceptors (Lipinski definition) is 4. The van der Waals surface area contributed by atoms with Crippen molar-refractivity contribution in [3.63, 3.8) is 0 Å². The molecule has 0 radical (unpaired) electrons. The number of aromatic amines is 1. The van der Waals surface area contributed by atoms with Gasteiger partial charge in [0.05, 0.1) is 7.11 Å². The molecule has 0 atom stereocenters. The van der Waals surface area contributed by atoms with E-state index < -0.39 is 11.5 Å². The van der Waals surface area contributed by atoms with Crippen molar-refractivity contribution in [2.24, 2.45) is 0 Å². The van der Waals surface area contributed by atoms with Gasteiger partial charge in [-0.3, -0.25) is 14.6 Å². The maximum atomic E-state index is 12.7. The second-order valence-corrected chi connectivity index (χ2v) is 6.22. The fourth-order valence-corrected chi connectivity index (χ4v) is 3.03. The smallest absolute Gasteiger partial charge is 0.261 e. The van der Waals surface area contributed by atoms with Gasteiger partial charge in [0.1, 0.15) is 11.3 Å². The molecule has 0 saturated heterocycles. The first-order valence-electron chi connectivity index (χ1n) is 8.67. The van der Waals surface area contributed by atoms with Crippen LogP contribution in [-0.4, -0.2) is 23.0 Å². The highest BCUT2D eigenvalue weighted by Gasteiger charge is 2.14. The lowest BCUT2D eigenvalue weighted by atomic mass is 10.0. The first-order chi connectivity index (χ1) is 13.7.